The fourth-order valence-corrected chi connectivity index (χ4v) is 2.15. The summed E-state index contributed by atoms with van der Waals surface area (Å²) >= 11 is 1.86. The Balaban J connectivity index is 2.70. The van der Waals surface area contributed by atoms with Crippen LogP contribution >= 0.6 is 22.6 Å². The molecule has 1 aromatic carbocycles. The number of hydrogen-bond donors (Lipinski definition) is 1. The van der Waals surface area contributed by atoms with Gasteiger partial charge in [-0.3, -0.25) is 0 Å². The molecule has 0 spiro atoms. The zero-order valence-electron chi connectivity index (χ0n) is 8.19. The molecule has 0 fully saturated rings. The van der Waals surface area contributed by atoms with Crippen LogP contribution in [-0.2, 0) is 0 Å². The van der Waals surface area contributed by atoms with E-state index in [2.05, 4.69) is 0 Å². The molecule has 0 saturated carbocycles. The van der Waals surface area contributed by atoms with Crippen molar-refractivity contribution < 1.29 is 17.6 Å². The summed E-state index contributed by atoms with van der Waals surface area (Å²) in [6.45, 7) is 0. The molecule has 0 aliphatic rings. The fraction of sp³-hybridized carbons (Fsp3) is 0.400. The summed E-state index contributed by atoms with van der Waals surface area (Å²) in [4.78, 5) is 0. The Hall–Kier alpha value is -0.370. The molecule has 0 heterocycles. The second-order valence-electron chi connectivity index (χ2n) is 3.43. The van der Waals surface area contributed by atoms with Gasteiger partial charge < -0.3 is 5.73 Å². The molecule has 0 aromatic heterocycles. The monoisotopic (exact) mass is 347 g/mol. The first-order valence-corrected chi connectivity index (χ1v) is 5.65. The minimum Gasteiger partial charge on any atom is -0.324 e. The van der Waals surface area contributed by atoms with Gasteiger partial charge in [0, 0.05) is 16.0 Å². The average molecular weight is 347 g/mol. The third-order valence-electron chi connectivity index (χ3n) is 2.10. The maximum Gasteiger partial charge on any atom is 0.389 e. The molecule has 2 N–H and O–H groups in total. The van der Waals surface area contributed by atoms with Crippen LogP contribution in [0.25, 0.3) is 0 Å². The number of halogens is 5. The van der Waals surface area contributed by atoms with Crippen molar-refractivity contribution in [1.82, 2.24) is 0 Å². The van der Waals surface area contributed by atoms with Crippen LogP contribution in [-0.4, -0.2) is 6.18 Å². The first kappa shape index (κ1) is 13.7. The molecule has 1 unspecified atom stereocenters. The van der Waals surface area contributed by atoms with Crippen molar-refractivity contribution in [2.24, 2.45) is 5.73 Å². The van der Waals surface area contributed by atoms with Gasteiger partial charge in [-0.05, 0) is 46.7 Å². The van der Waals surface area contributed by atoms with Gasteiger partial charge in [-0.15, -0.1) is 0 Å². The van der Waals surface area contributed by atoms with E-state index in [1.54, 1.807) is 0 Å². The van der Waals surface area contributed by atoms with Crippen molar-refractivity contribution >= 4 is 22.6 Å². The first-order valence-electron chi connectivity index (χ1n) is 4.57. The predicted molar refractivity (Wildman–Crippen MR) is 61.3 cm³/mol. The van der Waals surface area contributed by atoms with Gasteiger partial charge in [0.05, 0.1) is 0 Å². The molecular weight excluding hydrogens is 337 g/mol. The zero-order chi connectivity index (χ0) is 12.3. The van der Waals surface area contributed by atoms with Gasteiger partial charge in [0.25, 0.3) is 0 Å². The molecule has 1 rings (SSSR count). The van der Waals surface area contributed by atoms with Crippen LogP contribution < -0.4 is 5.73 Å². The molecule has 16 heavy (non-hydrogen) atoms. The Bertz CT molecular complexity index is 364. The summed E-state index contributed by atoms with van der Waals surface area (Å²) in [6.07, 6.45) is -5.32. The SMILES string of the molecule is NC(CCC(F)(F)F)c1ccc(F)cc1I. The number of nitrogens with two attached hydrogens (primary N) is 1. The Morgan fingerprint density at radius 3 is 2.44 bits per heavy atom. The quantitative estimate of drug-likeness (QED) is 0.654. The maximum atomic E-state index is 12.8. The Labute approximate surface area is 104 Å². The topological polar surface area (TPSA) is 26.0 Å². The number of rotatable bonds is 3. The van der Waals surface area contributed by atoms with E-state index in [0.29, 0.717) is 9.13 Å². The van der Waals surface area contributed by atoms with E-state index in [0.717, 1.165) is 0 Å². The van der Waals surface area contributed by atoms with E-state index in [1.165, 1.54) is 18.2 Å². The minimum absolute atomic E-state index is 0.189. The van der Waals surface area contributed by atoms with Gasteiger partial charge >= 0.3 is 6.18 Å². The molecule has 1 atom stereocenters. The van der Waals surface area contributed by atoms with Gasteiger partial charge in [-0.1, -0.05) is 6.07 Å². The van der Waals surface area contributed by atoms with Crippen molar-refractivity contribution in [2.45, 2.75) is 25.1 Å². The standard InChI is InChI=1S/C10H10F4IN/c11-6-1-2-7(8(15)5-6)9(16)3-4-10(12,13)14/h1-2,5,9H,3-4,16H2. The van der Waals surface area contributed by atoms with Crippen LogP contribution in [0, 0.1) is 9.39 Å². The smallest absolute Gasteiger partial charge is 0.324 e. The Kier molecular flexibility index (Phi) is 4.54. The minimum atomic E-state index is -4.21. The summed E-state index contributed by atoms with van der Waals surface area (Å²) in [5, 5.41) is 0. The van der Waals surface area contributed by atoms with Crippen LogP contribution in [0.4, 0.5) is 17.6 Å². The van der Waals surface area contributed by atoms with E-state index in [-0.39, 0.29) is 6.42 Å². The van der Waals surface area contributed by atoms with Crippen molar-refractivity contribution in [2.75, 3.05) is 0 Å². The highest BCUT2D eigenvalue weighted by atomic mass is 127. The fourth-order valence-electron chi connectivity index (χ4n) is 1.28. The molecule has 0 aliphatic carbocycles. The maximum absolute atomic E-state index is 12.8. The lowest BCUT2D eigenvalue weighted by atomic mass is 10.0. The normalized spacial score (nSPS) is 13.9. The molecule has 0 bridgehead atoms. The molecule has 6 heteroatoms. The molecule has 0 amide bonds. The van der Waals surface area contributed by atoms with E-state index in [4.69, 9.17) is 5.73 Å². The third kappa shape index (κ3) is 4.25. The zero-order valence-corrected chi connectivity index (χ0v) is 10.3. The summed E-state index contributed by atoms with van der Waals surface area (Å²) < 4.78 is 49.2. The number of benzene rings is 1. The van der Waals surface area contributed by atoms with Crippen molar-refractivity contribution in [1.29, 1.82) is 0 Å². The molecule has 0 saturated heterocycles. The van der Waals surface area contributed by atoms with Crippen molar-refractivity contribution in [3.63, 3.8) is 0 Å². The Morgan fingerprint density at radius 1 is 1.31 bits per heavy atom. The van der Waals surface area contributed by atoms with Gasteiger partial charge in [0.1, 0.15) is 5.82 Å². The highest BCUT2D eigenvalue weighted by Crippen LogP contribution is 2.28. The second-order valence-corrected chi connectivity index (χ2v) is 4.59. The van der Waals surface area contributed by atoms with Crippen LogP contribution in [0.1, 0.15) is 24.4 Å². The lowest BCUT2D eigenvalue weighted by Gasteiger charge is -2.15. The largest absolute Gasteiger partial charge is 0.389 e. The molecule has 0 radical (unpaired) electrons. The van der Waals surface area contributed by atoms with E-state index in [1.807, 2.05) is 22.6 Å². The van der Waals surface area contributed by atoms with Crippen LogP contribution in [0.2, 0.25) is 0 Å². The number of alkyl halides is 3. The molecule has 1 aromatic rings. The van der Waals surface area contributed by atoms with Crippen molar-refractivity contribution in [3.8, 4) is 0 Å². The predicted octanol–water partition coefficient (Wildman–Crippen LogP) is 3.77. The van der Waals surface area contributed by atoms with Crippen molar-refractivity contribution in [3.05, 3.63) is 33.1 Å². The Morgan fingerprint density at radius 2 is 1.94 bits per heavy atom. The molecule has 1 nitrogen and oxygen atoms in total. The van der Waals surface area contributed by atoms with Gasteiger partial charge in [0.15, 0.2) is 0 Å². The molecule has 90 valence electrons. The van der Waals surface area contributed by atoms with Crippen LogP contribution in [0.3, 0.4) is 0 Å². The van der Waals surface area contributed by atoms with Crippen LogP contribution in [0.15, 0.2) is 18.2 Å². The third-order valence-corrected chi connectivity index (χ3v) is 3.04. The van der Waals surface area contributed by atoms with Crippen LogP contribution in [0.5, 0.6) is 0 Å². The summed E-state index contributed by atoms with van der Waals surface area (Å²) in [5.74, 6) is -0.420. The summed E-state index contributed by atoms with van der Waals surface area (Å²) in [6, 6.07) is 3.17. The van der Waals surface area contributed by atoms with Gasteiger partial charge in [0.2, 0.25) is 0 Å². The average Bonchev–Trinajstić information content (AvgIpc) is 2.13. The molecular formula is C10H10F4IN. The highest BCUT2D eigenvalue weighted by molar-refractivity contribution is 14.1. The summed E-state index contributed by atoms with van der Waals surface area (Å²) in [7, 11) is 0. The molecule has 0 aliphatic heterocycles. The summed E-state index contributed by atoms with van der Waals surface area (Å²) in [5.41, 5.74) is 6.17. The van der Waals surface area contributed by atoms with E-state index in [9.17, 15) is 17.6 Å². The van der Waals surface area contributed by atoms with E-state index >= 15 is 0 Å². The van der Waals surface area contributed by atoms with Gasteiger partial charge in [-0.25, -0.2) is 4.39 Å². The highest BCUT2D eigenvalue weighted by Gasteiger charge is 2.28. The first-order chi connectivity index (χ1) is 7.29. The van der Waals surface area contributed by atoms with E-state index < -0.39 is 24.5 Å². The second kappa shape index (κ2) is 5.31. The lowest BCUT2D eigenvalue weighted by molar-refractivity contribution is -0.136. The number of hydrogen-bond acceptors (Lipinski definition) is 1. The van der Waals surface area contributed by atoms with Gasteiger partial charge in [-0.2, -0.15) is 13.2 Å². The lowest BCUT2D eigenvalue weighted by Crippen LogP contribution is -2.16.